The lowest BCUT2D eigenvalue weighted by Crippen LogP contribution is -2.52. The van der Waals surface area contributed by atoms with Crippen LogP contribution in [0.4, 0.5) is 10.5 Å². The largest absolute Gasteiger partial charge is 0.376 e. The van der Waals surface area contributed by atoms with E-state index in [1.165, 1.54) is 11.1 Å². The van der Waals surface area contributed by atoms with Crippen LogP contribution in [-0.4, -0.2) is 60.8 Å². The third-order valence-electron chi connectivity index (χ3n) is 6.15. The number of morpholine rings is 1. The Morgan fingerprint density at radius 3 is 2.21 bits per heavy atom. The van der Waals surface area contributed by atoms with Crippen LogP contribution >= 0.6 is 0 Å². The minimum absolute atomic E-state index is 0.0452. The van der Waals surface area contributed by atoms with Gasteiger partial charge >= 0.3 is 6.03 Å². The number of likely N-dealkylation sites (tertiary alicyclic amines) is 1. The number of hydrogen-bond donors (Lipinski definition) is 1. The molecule has 1 aromatic rings. The molecule has 0 radical (unpaired) electrons. The molecule has 5 heteroatoms. The Kier molecular flexibility index (Phi) is 7.00. The highest BCUT2D eigenvalue weighted by Gasteiger charge is 2.30. The average molecular weight is 388 g/mol. The van der Waals surface area contributed by atoms with Gasteiger partial charge in [-0.1, -0.05) is 45.9 Å². The molecule has 2 aliphatic rings. The van der Waals surface area contributed by atoms with Crippen molar-refractivity contribution in [2.75, 3.05) is 38.1 Å². The van der Waals surface area contributed by atoms with Crippen LogP contribution in [0, 0.1) is 0 Å². The van der Waals surface area contributed by atoms with Gasteiger partial charge in [0.05, 0.1) is 12.7 Å². The van der Waals surface area contributed by atoms with Crippen molar-refractivity contribution in [2.45, 2.75) is 71.4 Å². The quantitative estimate of drug-likeness (QED) is 0.818. The Balaban J connectivity index is 1.63. The van der Waals surface area contributed by atoms with Gasteiger partial charge in [0, 0.05) is 37.9 Å². The molecular formula is C23H37N3O2. The minimum atomic E-state index is 0.0452. The minimum Gasteiger partial charge on any atom is -0.376 e. The molecule has 2 fully saturated rings. The lowest BCUT2D eigenvalue weighted by Gasteiger charge is -2.41. The van der Waals surface area contributed by atoms with Gasteiger partial charge in [-0.25, -0.2) is 4.79 Å². The number of para-hydroxylation sites is 1. The SMILES string of the molecule is CC(C)c1cccc(C(C)C)c1NC(=O)N1CCC(N2CCO[C@H](C)C2)CC1. The predicted molar refractivity (Wildman–Crippen MR) is 115 cm³/mol. The number of rotatable bonds is 4. The molecule has 2 saturated heterocycles. The average Bonchev–Trinajstić information content (AvgIpc) is 2.68. The molecule has 0 unspecified atom stereocenters. The summed E-state index contributed by atoms with van der Waals surface area (Å²) in [6.45, 7) is 15.4. The van der Waals surface area contributed by atoms with Crippen molar-refractivity contribution in [1.29, 1.82) is 0 Å². The van der Waals surface area contributed by atoms with Gasteiger partial charge in [-0.15, -0.1) is 0 Å². The van der Waals surface area contributed by atoms with Gasteiger partial charge < -0.3 is 15.0 Å². The van der Waals surface area contributed by atoms with Gasteiger partial charge in [-0.2, -0.15) is 0 Å². The Hall–Kier alpha value is -1.59. The summed E-state index contributed by atoms with van der Waals surface area (Å²) in [6, 6.07) is 7.00. The first-order valence-electron chi connectivity index (χ1n) is 10.9. The lowest BCUT2D eigenvalue weighted by atomic mass is 9.92. The molecule has 2 amide bonds. The summed E-state index contributed by atoms with van der Waals surface area (Å²) in [5.74, 6) is 0.756. The van der Waals surface area contributed by atoms with Crippen molar-refractivity contribution in [2.24, 2.45) is 0 Å². The number of benzene rings is 1. The van der Waals surface area contributed by atoms with Crippen molar-refractivity contribution in [3.8, 4) is 0 Å². The summed E-state index contributed by atoms with van der Waals surface area (Å²) >= 11 is 0. The zero-order valence-corrected chi connectivity index (χ0v) is 18.2. The second-order valence-corrected chi connectivity index (χ2v) is 8.95. The van der Waals surface area contributed by atoms with E-state index in [0.29, 0.717) is 24.0 Å². The second-order valence-electron chi connectivity index (χ2n) is 8.95. The molecule has 0 bridgehead atoms. The van der Waals surface area contributed by atoms with E-state index in [0.717, 1.165) is 51.3 Å². The highest BCUT2D eigenvalue weighted by Crippen LogP contribution is 2.33. The van der Waals surface area contributed by atoms with Gasteiger partial charge in [0.15, 0.2) is 0 Å². The smallest absolute Gasteiger partial charge is 0.321 e. The summed E-state index contributed by atoms with van der Waals surface area (Å²) < 4.78 is 5.67. The Bertz CT molecular complexity index is 640. The van der Waals surface area contributed by atoms with Crippen LogP contribution in [0.15, 0.2) is 18.2 Å². The van der Waals surface area contributed by atoms with Crippen LogP contribution in [0.2, 0.25) is 0 Å². The molecule has 3 rings (SSSR count). The monoisotopic (exact) mass is 387 g/mol. The van der Waals surface area contributed by atoms with Gasteiger partial charge in [-0.05, 0) is 42.7 Å². The van der Waals surface area contributed by atoms with Gasteiger partial charge in [0.25, 0.3) is 0 Å². The summed E-state index contributed by atoms with van der Waals surface area (Å²) in [6.07, 6.45) is 2.41. The number of hydrogen-bond acceptors (Lipinski definition) is 3. The van der Waals surface area contributed by atoms with E-state index in [1.54, 1.807) is 0 Å². The van der Waals surface area contributed by atoms with Crippen molar-refractivity contribution >= 4 is 11.7 Å². The fourth-order valence-electron chi connectivity index (χ4n) is 4.49. The third-order valence-corrected chi connectivity index (χ3v) is 6.15. The number of carbonyl (C=O) groups excluding carboxylic acids is 1. The molecule has 0 spiro atoms. The maximum absolute atomic E-state index is 13.0. The Morgan fingerprint density at radius 1 is 1.07 bits per heavy atom. The highest BCUT2D eigenvalue weighted by molar-refractivity contribution is 5.91. The number of ether oxygens (including phenoxy) is 1. The number of amides is 2. The number of piperidine rings is 1. The molecule has 1 N–H and O–H groups in total. The van der Waals surface area contributed by atoms with Crippen LogP contribution in [0.5, 0.6) is 0 Å². The first kappa shape index (κ1) is 21.1. The Morgan fingerprint density at radius 2 is 1.68 bits per heavy atom. The van der Waals surface area contributed by atoms with Crippen molar-refractivity contribution in [1.82, 2.24) is 9.80 Å². The van der Waals surface area contributed by atoms with E-state index in [9.17, 15) is 4.79 Å². The van der Waals surface area contributed by atoms with E-state index in [1.807, 2.05) is 4.90 Å². The molecular weight excluding hydrogens is 350 g/mol. The first-order chi connectivity index (χ1) is 13.4. The van der Waals surface area contributed by atoms with Crippen molar-refractivity contribution in [3.63, 3.8) is 0 Å². The van der Waals surface area contributed by atoms with E-state index >= 15 is 0 Å². The van der Waals surface area contributed by atoms with Crippen LogP contribution < -0.4 is 5.32 Å². The van der Waals surface area contributed by atoms with E-state index in [4.69, 9.17) is 4.74 Å². The van der Waals surface area contributed by atoms with Gasteiger partial charge in [0.2, 0.25) is 0 Å². The fraction of sp³-hybridized carbons (Fsp3) is 0.696. The van der Waals surface area contributed by atoms with Gasteiger partial charge in [0.1, 0.15) is 0 Å². The topological polar surface area (TPSA) is 44.8 Å². The molecule has 1 atom stereocenters. The van der Waals surface area contributed by atoms with Crippen LogP contribution in [0.3, 0.4) is 0 Å². The molecule has 5 nitrogen and oxygen atoms in total. The molecule has 2 heterocycles. The van der Waals surface area contributed by atoms with Crippen LogP contribution in [0.25, 0.3) is 0 Å². The second kappa shape index (κ2) is 9.27. The highest BCUT2D eigenvalue weighted by atomic mass is 16.5. The molecule has 0 saturated carbocycles. The van der Waals surface area contributed by atoms with Crippen LogP contribution in [0.1, 0.15) is 70.4 Å². The standard InChI is InChI=1S/C23H37N3O2/c1-16(2)20-7-6-8-21(17(3)4)22(20)24-23(27)25-11-9-19(10-12-25)26-13-14-28-18(5)15-26/h6-8,16-19H,9-15H2,1-5H3,(H,24,27)/t18-/m1/s1. The fourth-order valence-corrected chi connectivity index (χ4v) is 4.49. The maximum Gasteiger partial charge on any atom is 0.321 e. The summed E-state index contributed by atoms with van der Waals surface area (Å²) in [5.41, 5.74) is 3.45. The number of nitrogens with zero attached hydrogens (tertiary/aromatic N) is 2. The van der Waals surface area contributed by atoms with E-state index in [-0.39, 0.29) is 6.03 Å². The van der Waals surface area contributed by atoms with E-state index in [2.05, 4.69) is 63.0 Å². The zero-order valence-electron chi connectivity index (χ0n) is 18.2. The number of carbonyl (C=O) groups is 1. The third kappa shape index (κ3) is 4.87. The van der Waals surface area contributed by atoms with E-state index < -0.39 is 0 Å². The first-order valence-corrected chi connectivity index (χ1v) is 10.9. The summed E-state index contributed by atoms with van der Waals surface area (Å²) in [7, 11) is 0. The maximum atomic E-state index is 13.0. The summed E-state index contributed by atoms with van der Waals surface area (Å²) in [4.78, 5) is 17.6. The Labute approximate surface area is 170 Å². The van der Waals surface area contributed by atoms with Crippen molar-refractivity contribution < 1.29 is 9.53 Å². The predicted octanol–water partition coefficient (Wildman–Crippen LogP) is 4.65. The number of nitrogens with one attached hydrogen (secondary N) is 1. The normalized spacial score (nSPS) is 22.1. The molecule has 0 aromatic heterocycles. The number of anilines is 1. The molecule has 156 valence electrons. The number of urea groups is 1. The van der Waals surface area contributed by atoms with Gasteiger partial charge in [-0.3, -0.25) is 4.90 Å². The zero-order chi connectivity index (χ0) is 20.3. The lowest BCUT2D eigenvalue weighted by molar-refractivity contribution is -0.0415. The molecule has 28 heavy (non-hydrogen) atoms. The van der Waals surface area contributed by atoms with Crippen LogP contribution in [-0.2, 0) is 4.74 Å². The molecule has 1 aromatic carbocycles. The molecule has 2 aliphatic heterocycles. The summed E-state index contributed by atoms with van der Waals surface area (Å²) in [5, 5.41) is 3.27. The van der Waals surface area contributed by atoms with Crippen molar-refractivity contribution in [3.05, 3.63) is 29.3 Å². The molecule has 0 aliphatic carbocycles.